The van der Waals surface area contributed by atoms with E-state index in [4.69, 9.17) is 16.7 Å². The summed E-state index contributed by atoms with van der Waals surface area (Å²) in [6.07, 6.45) is 0. The first kappa shape index (κ1) is 16.5. The molecular weight excluding hydrogens is 346 g/mol. The number of hydrazine groups is 1. The summed E-state index contributed by atoms with van der Waals surface area (Å²) >= 11 is 5.90. The number of aromatic nitrogens is 1. The minimum absolute atomic E-state index is 0.0670. The van der Waals surface area contributed by atoms with Crippen molar-refractivity contribution in [3.8, 4) is 0 Å². The van der Waals surface area contributed by atoms with Crippen LogP contribution >= 0.6 is 11.6 Å². The third kappa shape index (κ3) is 3.61. The van der Waals surface area contributed by atoms with Crippen molar-refractivity contribution < 1.29 is 19.5 Å². The molecule has 2 aromatic carbocycles. The molecule has 0 aliphatic rings. The first-order valence-corrected chi connectivity index (χ1v) is 7.54. The highest BCUT2D eigenvalue weighted by Crippen LogP contribution is 2.19. The Balaban J connectivity index is 1.66. The fourth-order valence-corrected chi connectivity index (χ4v) is 2.42. The molecule has 0 aliphatic carbocycles. The van der Waals surface area contributed by atoms with Gasteiger partial charge in [-0.3, -0.25) is 20.4 Å². The van der Waals surface area contributed by atoms with E-state index < -0.39 is 17.8 Å². The molecule has 126 valence electrons. The predicted octanol–water partition coefficient (Wildman–Crippen LogP) is 2.59. The van der Waals surface area contributed by atoms with Gasteiger partial charge in [0.05, 0.1) is 5.56 Å². The maximum Gasteiger partial charge on any atom is 0.335 e. The van der Waals surface area contributed by atoms with Crippen LogP contribution in [0.15, 0.2) is 48.5 Å². The Hall–Kier alpha value is -3.32. The van der Waals surface area contributed by atoms with Crippen LogP contribution in [0.5, 0.6) is 0 Å². The number of rotatable bonds is 3. The van der Waals surface area contributed by atoms with Crippen molar-refractivity contribution in [1.29, 1.82) is 0 Å². The van der Waals surface area contributed by atoms with Crippen molar-refractivity contribution in [3.63, 3.8) is 0 Å². The summed E-state index contributed by atoms with van der Waals surface area (Å²) in [5.74, 6) is -2.17. The molecule has 3 rings (SSSR count). The molecule has 1 heterocycles. The molecule has 0 aliphatic heterocycles. The fraction of sp³-hybridized carbons (Fsp3) is 0. The van der Waals surface area contributed by atoms with Gasteiger partial charge in [-0.2, -0.15) is 0 Å². The van der Waals surface area contributed by atoms with Crippen LogP contribution in [0.25, 0.3) is 10.9 Å². The number of benzene rings is 2. The van der Waals surface area contributed by atoms with Gasteiger partial charge in [0.1, 0.15) is 5.69 Å². The van der Waals surface area contributed by atoms with Gasteiger partial charge in [0.25, 0.3) is 11.8 Å². The van der Waals surface area contributed by atoms with Crippen LogP contribution in [-0.2, 0) is 0 Å². The summed E-state index contributed by atoms with van der Waals surface area (Å²) in [5, 5.41) is 10.1. The van der Waals surface area contributed by atoms with E-state index >= 15 is 0 Å². The zero-order valence-electron chi connectivity index (χ0n) is 12.7. The van der Waals surface area contributed by atoms with Gasteiger partial charge in [0.2, 0.25) is 0 Å². The molecule has 3 aromatic rings. The zero-order valence-corrected chi connectivity index (χ0v) is 13.4. The van der Waals surface area contributed by atoms with Gasteiger partial charge >= 0.3 is 5.97 Å². The quantitative estimate of drug-likeness (QED) is 0.540. The number of carboxylic acid groups (broad SMARTS) is 1. The number of nitrogens with one attached hydrogen (secondary N) is 3. The number of hydrogen-bond acceptors (Lipinski definition) is 3. The lowest BCUT2D eigenvalue weighted by molar-refractivity contribution is 0.0696. The molecule has 8 heteroatoms. The van der Waals surface area contributed by atoms with E-state index in [1.807, 2.05) is 0 Å². The van der Waals surface area contributed by atoms with Gasteiger partial charge in [-0.1, -0.05) is 11.6 Å². The molecular formula is C17H12ClN3O4. The van der Waals surface area contributed by atoms with Crippen molar-refractivity contribution in [3.05, 3.63) is 70.4 Å². The molecule has 0 atom stereocenters. The first-order valence-electron chi connectivity index (χ1n) is 7.16. The molecule has 25 heavy (non-hydrogen) atoms. The smallest absolute Gasteiger partial charge is 0.335 e. The maximum absolute atomic E-state index is 12.1. The summed E-state index contributed by atoms with van der Waals surface area (Å²) < 4.78 is 0. The average molecular weight is 358 g/mol. The van der Waals surface area contributed by atoms with Crippen LogP contribution in [-0.4, -0.2) is 27.9 Å². The molecule has 4 N–H and O–H groups in total. The Bertz CT molecular complexity index is 979. The van der Waals surface area contributed by atoms with Crippen molar-refractivity contribution in [2.24, 2.45) is 0 Å². The second-order valence-electron chi connectivity index (χ2n) is 5.21. The van der Waals surface area contributed by atoms with Crippen LogP contribution in [0.1, 0.15) is 31.2 Å². The van der Waals surface area contributed by atoms with Gasteiger partial charge < -0.3 is 10.1 Å². The molecule has 0 saturated heterocycles. The highest BCUT2D eigenvalue weighted by atomic mass is 35.5. The normalized spacial score (nSPS) is 10.4. The summed E-state index contributed by atoms with van der Waals surface area (Å²) in [4.78, 5) is 37.8. The lowest BCUT2D eigenvalue weighted by Crippen LogP contribution is -2.41. The highest BCUT2D eigenvalue weighted by Gasteiger charge is 2.12. The maximum atomic E-state index is 12.1. The molecule has 1 aromatic heterocycles. The number of aromatic amines is 1. The molecule has 0 radical (unpaired) electrons. The predicted molar refractivity (Wildman–Crippen MR) is 91.6 cm³/mol. The number of H-pyrrole nitrogens is 1. The molecule has 7 nitrogen and oxygen atoms in total. The van der Waals surface area contributed by atoms with E-state index in [9.17, 15) is 14.4 Å². The van der Waals surface area contributed by atoms with Crippen LogP contribution in [0.3, 0.4) is 0 Å². The summed E-state index contributed by atoms with van der Waals surface area (Å²) in [5.41, 5.74) is 5.85. The van der Waals surface area contributed by atoms with Crippen LogP contribution in [0, 0.1) is 0 Å². The van der Waals surface area contributed by atoms with Crippen molar-refractivity contribution in [2.45, 2.75) is 0 Å². The summed E-state index contributed by atoms with van der Waals surface area (Å²) in [7, 11) is 0. The number of carbonyl (C=O) groups is 3. The fourth-order valence-electron chi connectivity index (χ4n) is 2.24. The second kappa shape index (κ2) is 6.66. The monoisotopic (exact) mass is 357 g/mol. The lowest BCUT2D eigenvalue weighted by Gasteiger charge is -2.06. The minimum Gasteiger partial charge on any atom is -0.478 e. The molecule has 0 spiro atoms. The first-order chi connectivity index (χ1) is 11.9. The number of carboxylic acids is 1. The van der Waals surface area contributed by atoms with Gasteiger partial charge in [-0.15, -0.1) is 0 Å². The summed E-state index contributed by atoms with van der Waals surface area (Å²) in [6, 6.07) is 12.1. The summed E-state index contributed by atoms with van der Waals surface area (Å²) in [6.45, 7) is 0. The minimum atomic E-state index is -1.08. The average Bonchev–Trinajstić information content (AvgIpc) is 3.02. The molecule has 2 amide bonds. The van der Waals surface area contributed by atoms with Gasteiger partial charge in [-0.25, -0.2) is 4.79 Å². The zero-order chi connectivity index (χ0) is 18.0. The number of fused-ring (bicyclic) bond motifs is 1. The van der Waals surface area contributed by atoms with E-state index in [2.05, 4.69) is 15.8 Å². The Morgan fingerprint density at radius 3 is 2.20 bits per heavy atom. The van der Waals surface area contributed by atoms with Gasteiger partial charge in [0.15, 0.2) is 0 Å². The number of aromatic carboxylic acids is 1. The van der Waals surface area contributed by atoms with Gasteiger partial charge in [-0.05, 0) is 48.5 Å². The van der Waals surface area contributed by atoms with Crippen molar-refractivity contribution in [1.82, 2.24) is 15.8 Å². The molecule has 0 unspecified atom stereocenters. The lowest BCUT2D eigenvalue weighted by atomic mass is 10.1. The van der Waals surface area contributed by atoms with E-state index in [1.54, 1.807) is 24.3 Å². The topological polar surface area (TPSA) is 111 Å². The standard InChI is InChI=1S/C17H12ClN3O4/c18-12-5-6-13-11(7-12)8-14(19-13)16(23)21-20-15(22)9-1-3-10(4-2-9)17(24)25/h1-8,19H,(H,20,22)(H,21,23)(H,24,25). The van der Waals surface area contributed by atoms with E-state index in [-0.39, 0.29) is 16.8 Å². The number of carbonyl (C=O) groups excluding carboxylic acids is 2. The van der Waals surface area contributed by atoms with Crippen LogP contribution in [0.2, 0.25) is 5.02 Å². The third-order valence-electron chi connectivity index (χ3n) is 3.51. The second-order valence-corrected chi connectivity index (χ2v) is 5.64. The van der Waals surface area contributed by atoms with Gasteiger partial charge in [0, 0.05) is 21.5 Å². The molecule has 0 bridgehead atoms. The third-order valence-corrected chi connectivity index (χ3v) is 3.75. The van der Waals surface area contributed by atoms with E-state index in [0.717, 1.165) is 10.9 Å². The Labute approximate surface area is 146 Å². The van der Waals surface area contributed by atoms with Crippen molar-refractivity contribution >= 4 is 40.3 Å². The van der Waals surface area contributed by atoms with E-state index in [0.29, 0.717) is 5.02 Å². The van der Waals surface area contributed by atoms with Crippen LogP contribution in [0.4, 0.5) is 0 Å². The number of hydrogen-bond donors (Lipinski definition) is 4. The Morgan fingerprint density at radius 2 is 1.52 bits per heavy atom. The SMILES string of the molecule is O=C(O)c1ccc(C(=O)NNC(=O)c2cc3cc(Cl)ccc3[nH]2)cc1. The van der Waals surface area contributed by atoms with Crippen molar-refractivity contribution in [2.75, 3.05) is 0 Å². The largest absolute Gasteiger partial charge is 0.478 e. The molecule has 0 saturated carbocycles. The van der Waals surface area contributed by atoms with Crippen LogP contribution < -0.4 is 10.9 Å². The number of amides is 2. The molecule has 0 fully saturated rings. The Kier molecular flexibility index (Phi) is 4.40. The highest BCUT2D eigenvalue weighted by molar-refractivity contribution is 6.31. The number of halogens is 1. The van der Waals surface area contributed by atoms with E-state index in [1.165, 1.54) is 24.3 Å². The Morgan fingerprint density at radius 1 is 0.880 bits per heavy atom.